The van der Waals surface area contributed by atoms with Crippen molar-refractivity contribution in [3.05, 3.63) is 29.6 Å². The van der Waals surface area contributed by atoms with Crippen molar-refractivity contribution in [3.63, 3.8) is 0 Å². The number of benzene rings is 1. The largest absolute Gasteiger partial charge is 0.490 e. The third kappa shape index (κ3) is 3.93. The van der Waals surface area contributed by atoms with Gasteiger partial charge in [-0.15, -0.1) is 0 Å². The van der Waals surface area contributed by atoms with E-state index in [9.17, 15) is 9.50 Å². The van der Waals surface area contributed by atoms with Crippen LogP contribution in [0.3, 0.4) is 0 Å². The lowest BCUT2D eigenvalue weighted by atomic mass is 10.0. The molecule has 1 aromatic carbocycles. The van der Waals surface area contributed by atoms with Crippen LogP contribution in [0.15, 0.2) is 18.2 Å². The lowest BCUT2D eigenvalue weighted by Crippen LogP contribution is -2.37. The van der Waals surface area contributed by atoms with E-state index in [1.807, 2.05) is 0 Å². The molecule has 1 N–H and O–H groups in total. The van der Waals surface area contributed by atoms with Crippen molar-refractivity contribution in [2.24, 2.45) is 0 Å². The molecule has 1 aliphatic rings. The van der Waals surface area contributed by atoms with Crippen molar-refractivity contribution >= 4 is 0 Å². The van der Waals surface area contributed by atoms with Gasteiger partial charge in [-0.05, 0) is 57.5 Å². The van der Waals surface area contributed by atoms with E-state index < -0.39 is 11.9 Å². The van der Waals surface area contributed by atoms with Gasteiger partial charge in [0.25, 0.3) is 0 Å². The van der Waals surface area contributed by atoms with Crippen LogP contribution in [0.25, 0.3) is 0 Å². The monoisotopic (exact) mass is 281 g/mol. The number of ether oxygens (including phenoxy) is 1. The van der Waals surface area contributed by atoms with Gasteiger partial charge >= 0.3 is 0 Å². The molecule has 0 radical (unpaired) electrons. The zero-order valence-electron chi connectivity index (χ0n) is 12.3. The number of aliphatic hydroxyl groups is 1. The van der Waals surface area contributed by atoms with E-state index in [1.165, 1.54) is 25.3 Å². The number of aliphatic hydroxyl groups excluding tert-OH is 1. The van der Waals surface area contributed by atoms with Gasteiger partial charge in [0.05, 0.1) is 12.7 Å². The van der Waals surface area contributed by atoms with Crippen LogP contribution in [0.2, 0.25) is 0 Å². The molecule has 1 fully saturated rings. The Morgan fingerprint density at radius 3 is 2.90 bits per heavy atom. The lowest BCUT2D eigenvalue weighted by Gasteiger charge is -2.32. The van der Waals surface area contributed by atoms with Crippen LogP contribution >= 0.6 is 0 Å². The number of hydrogen-bond donors (Lipinski definition) is 1. The highest BCUT2D eigenvalue weighted by atomic mass is 19.1. The molecule has 0 spiro atoms. The van der Waals surface area contributed by atoms with Crippen LogP contribution in [0.4, 0.5) is 4.39 Å². The summed E-state index contributed by atoms with van der Waals surface area (Å²) in [6.45, 7) is 3.29. The fourth-order valence-corrected chi connectivity index (χ4v) is 2.71. The summed E-state index contributed by atoms with van der Waals surface area (Å²) >= 11 is 0. The minimum Gasteiger partial charge on any atom is -0.490 e. The Bertz CT molecular complexity index is 436. The Hall–Kier alpha value is -1.13. The van der Waals surface area contributed by atoms with Gasteiger partial charge in [0, 0.05) is 6.04 Å². The van der Waals surface area contributed by atoms with E-state index in [4.69, 9.17) is 4.74 Å². The molecule has 0 aromatic heterocycles. The Kier molecular flexibility index (Phi) is 5.38. The van der Waals surface area contributed by atoms with E-state index in [-0.39, 0.29) is 5.75 Å². The number of likely N-dealkylation sites (tertiary alicyclic amines) is 1. The standard InChI is InChI=1S/C16H24FNO2/c1-12(19)13-6-7-16(15(17)11-13)20-10-8-14-5-3-4-9-18(14)2/h6-7,11-12,14,19H,3-5,8-10H2,1-2H3/t12-,14?/m1/s1. The van der Waals surface area contributed by atoms with E-state index in [0.29, 0.717) is 18.2 Å². The van der Waals surface area contributed by atoms with Crippen LogP contribution in [0.5, 0.6) is 5.75 Å². The molecule has 3 nitrogen and oxygen atoms in total. The molecule has 0 bridgehead atoms. The van der Waals surface area contributed by atoms with Gasteiger partial charge in [-0.1, -0.05) is 12.5 Å². The predicted molar refractivity (Wildman–Crippen MR) is 77.4 cm³/mol. The number of piperidine rings is 1. The van der Waals surface area contributed by atoms with E-state index in [0.717, 1.165) is 13.0 Å². The third-order valence-electron chi connectivity index (χ3n) is 4.07. The molecule has 1 unspecified atom stereocenters. The summed E-state index contributed by atoms with van der Waals surface area (Å²) in [6, 6.07) is 5.19. The molecular weight excluding hydrogens is 257 g/mol. The Labute approximate surface area is 120 Å². The van der Waals surface area contributed by atoms with Gasteiger partial charge in [-0.2, -0.15) is 0 Å². The van der Waals surface area contributed by atoms with E-state index >= 15 is 0 Å². The zero-order valence-corrected chi connectivity index (χ0v) is 12.3. The van der Waals surface area contributed by atoms with Crippen LogP contribution in [0, 0.1) is 5.82 Å². The van der Waals surface area contributed by atoms with Crippen LogP contribution in [-0.2, 0) is 0 Å². The minimum atomic E-state index is -0.658. The van der Waals surface area contributed by atoms with Crippen LogP contribution < -0.4 is 4.74 Å². The molecule has 0 saturated carbocycles. The molecule has 0 aliphatic carbocycles. The van der Waals surface area contributed by atoms with Crippen molar-refractivity contribution in [2.75, 3.05) is 20.2 Å². The molecule has 0 amide bonds. The summed E-state index contributed by atoms with van der Waals surface area (Å²) in [5, 5.41) is 9.40. The molecular formula is C16H24FNO2. The second-order valence-electron chi connectivity index (χ2n) is 5.63. The van der Waals surface area contributed by atoms with E-state index in [2.05, 4.69) is 11.9 Å². The number of nitrogens with zero attached hydrogens (tertiary/aromatic N) is 1. The van der Waals surface area contributed by atoms with Crippen LogP contribution in [-0.4, -0.2) is 36.2 Å². The molecule has 2 rings (SSSR count). The highest BCUT2D eigenvalue weighted by molar-refractivity contribution is 5.30. The summed E-state index contributed by atoms with van der Waals surface area (Å²) in [7, 11) is 2.14. The predicted octanol–water partition coefficient (Wildman–Crippen LogP) is 3.13. The van der Waals surface area contributed by atoms with Gasteiger partial charge < -0.3 is 14.7 Å². The first-order valence-corrected chi connectivity index (χ1v) is 7.38. The molecule has 1 aliphatic heterocycles. The first kappa shape index (κ1) is 15.3. The Morgan fingerprint density at radius 2 is 2.25 bits per heavy atom. The van der Waals surface area contributed by atoms with Crippen molar-refractivity contribution < 1.29 is 14.2 Å². The quantitative estimate of drug-likeness (QED) is 0.900. The molecule has 1 saturated heterocycles. The number of halogens is 1. The molecule has 4 heteroatoms. The first-order chi connectivity index (χ1) is 9.58. The topological polar surface area (TPSA) is 32.7 Å². The average molecular weight is 281 g/mol. The van der Waals surface area contributed by atoms with Crippen molar-refractivity contribution in [1.82, 2.24) is 4.90 Å². The second kappa shape index (κ2) is 7.04. The van der Waals surface area contributed by atoms with Gasteiger partial charge in [-0.25, -0.2) is 4.39 Å². The SMILES string of the molecule is C[C@@H](O)c1ccc(OCCC2CCCCN2C)c(F)c1. The summed E-state index contributed by atoms with van der Waals surface area (Å²) in [6.07, 6.45) is 4.00. The first-order valence-electron chi connectivity index (χ1n) is 7.38. The smallest absolute Gasteiger partial charge is 0.165 e. The second-order valence-corrected chi connectivity index (χ2v) is 5.63. The molecule has 112 valence electrons. The summed E-state index contributed by atoms with van der Waals surface area (Å²) in [5.41, 5.74) is 0.571. The maximum absolute atomic E-state index is 13.8. The lowest BCUT2D eigenvalue weighted by molar-refractivity contribution is 0.151. The van der Waals surface area contributed by atoms with Crippen molar-refractivity contribution in [2.45, 2.75) is 44.8 Å². The minimum absolute atomic E-state index is 0.271. The molecule has 2 atom stereocenters. The van der Waals surface area contributed by atoms with Gasteiger partial charge in [0.2, 0.25) is 0 Å². The van der Waals surface area contributed by atoms with Gasteiger partial charge in [0.1, 0.15) is 0 Å². The Morgan fingerprint density at radius 1 is 1.45 bits per heavy atom. The third-order valence-corrected chi connectivity index (χ3v) is 4.07. The normalized spacial score (nSPS) is 21.7. The van der Waals surface area contributed by atoms with Crippen molar-refractivity contribution in [3.8, 4) is 5.75 Å². The molecule has 1 aromatic rings. The highest BCUT2D eigenvalue weighted by Crippen LogP contribution is 2.23. The fourth-order valence-electron chi connectivity index (χ4n) is 2.71. The summed E-state index contributed by atoms with van der Waals surface area (Å²) in [5.74, 6) is -0.131. The number of rotatable bonds is 5. The van der Waals surface area contributed by atoms with Crippen molar-refractivity contribution in [1.29, 1.82) is 0 Å². The summed E-state index contributed by atoms with van der Waals surface area (Å²) in [4.78, 5) is 2.36. The number of hydrogen-bond acceptors (Lipinski definition) is 3. The fraction of sp³-hybridized carbons (Fsp3) is 0.625. The molecule has 20 heavy (non-hydrogen) atoms. The Balaban J connectivity index is 1.84. The van der Waals surface area contributed by atoms with Gasteiger partial charge in [0.15, 0.2) is 11.6 Å². The maximum Gasteiger partial charge on any atom is 0.165 e. The van der Waals surface area contributed by atoms with Crippen LogP contribution in [0.1, 0.15) is 44.3 Å². The molecule has 1 heterocycles. The highest BCUT2D eigenvalue weighted by Gasteiger charge is 2.18. The summed E-state index contributed by atoms with van der Waals surface area (Å²) < 4.78 is 19.3. The van der Waals surface area contributed by atoms with Gasteiger partial charge in [-0.3, -0.25) is 0 Å². The average Bonchev–Trinajstić information content (AvgIpc) is 2.42. The maximum atomic E-state index is 13.8. The van der Waals surface area contributed by atoms with E-state index in [1.54, 1.807) is 19.1 Å². The zero-order chi connectivity index (χ0) is 14.5.